The number of carbonyl (C=O) groups excluding carboxylic acids is 2. The molecule has 0 spiro atoms. The van der Waals surface area contributed by atoms with Crippen LogP contribution in [0.25, 0.3) is 0 Å². The van der Waals surface area contributed by atoms with Gasteiger partial charge in [0.05, 0.1) is 5.92 Å². The van der Waals surface area contributed by atoms with Crippen LogP contribution < -0.4 is 0 Å². The number of esters is 1. The van der Waals surface area contributed by atoms with E-state index in [2.05, 4.69) is 4.99 Å². The minimum absolute atomic E-state index is 0.0464. The van der Waals surface area contributed by atoms with E-state index in [4.69, 9.17) is 4.74 Å². The summed E-state index contributed by atoms with van der Waals surface area (Å²) in [6.07, 6.45) is 2.80. The molecule has 2 rings (SSSR count). The molecule has 1 heterocycles. The van der Waals surface area contributed by atoms with Gasteiger partial charge in [0.25, 0.3) is 0 Å². The number of rotatable bonds is 3. The summed E-state index contributed by atoms with van der Waals surface area (Å²) < 4.78 is 5.27. The molecule has 0 aliphatic carbocycles. The highest BCUT2D eigenvalue weighted by Gasteiger charge is 2.23. The van der Waals surface area contributed by atoms with E-state index in [1.807, 2.05) is 30.3 Å². The second kappa shape index (κ2) is 6.83. The van der Waals surface area contributed by atoms with Crippen molar-refractivity contribution < 1.29 is 14.3 Å². The van der Waals surface area contributed by atoms with Crippen LogP contribution in [0.5, 0.6) is 0 Å². The van der Waals surface area contributed by atoms with Crippen molar-refractivity contribution in [2.45, 2.75) is 25.9 Å². The Morgan fingerprint density at radius 1 is 1.32 bits per heavy atom. The highest BCUT2D eigenvalue weighted by Crippen LogP contribution is 2.15. The summed E-state index contributed by atoms with van der Waals surface area (Å²) >= 11 is 0. The molecule has 19 heavy (non-hydrogen) atoms. The number of nitrogens with zero attached hydrogens (tertiary/aromatic N) is 1. The Morgan fingerprint density at radius 3 is 2.89 bits per heavy atom. The second-order valence-corrected chi connectivity index (χ2v) is 4.61. The van der Waals surface area contributed by atoms with Gasteiger partial charge in [-0.05, 0) is 12.0 Å². The molecule has 0 saturated carbocycles. The molecular formula is C15H17NO3. The lowest BCUT2D eigenvalue weighted by Gasteiger charge is -2.15. The zero-order valence-electron chi connectivity index (χ0n) is 10.7. The molecule has 1 aliphatic rings. The van der Waals surface area contributed by atoms with Gasteiger partial charge in [0.15, 0.2) is 0 Å². The molecule has 1 aromatic carbocycles. The van der Waals surface area contributed by atoms with Gasteiger partial charge in [0.1, 0.15) is 12.4 Å². The summed E-state index contributed by atoms with van der Waals surface area (Å²) in [6.45, 7) is 0.839. The number of aliphatic imine (C=N–C) groups is 1. The number of ketones is 1. The first-order valence-corrected chi connectivity index (χ1v) is 6.46. The zero-order chi connectivity index (χ0) is 13.5. The third-order valence-corrected chi connectivity index (χ3v) is 3.09. The lowest BCUT2D eigenvalue weighted by atomic mass is 9.97. The van der Waals surface area contributed by atoms with Crippen molar-refractivity contribution in [1.29, 1.82) is 0 Å². The van der Waals surface area contributed by atoms with Gasteiger partial charge in [0, 0.05) is 25.6 Å². The molecule has 100 valence electrons. The molecular weight excluding hydrogens is 242 g/mol. The topological polar surface area (TPSA) is 55.7 Å². The molecule has 4 heteroatoms. The average molecular weight is 259 g/mol. The molecule has 1 aliphatic heterocycles. The average Bonchev–Trinajstić information content (AvgIpc) is 2.41. The van der Waals surface area contributed by atoms with Gasteiger partial charge in [-0.3, -0.25) is 14.6 Å². The van der Waals surface area contributed by atoms with E-state index in [1.54, 1.807) is 6.21 Å². The summed E-state index contributed by atoms with van der Waals surface area (Å²) in [6, 6.07) is 9.52. The number of hydrogen-bond donors (Lipinski definition) is 0. The molecule has 1 atom stereocenters. The second-order valence-electron chi connectivity index (χ2n) is 4.61. The van der Waals surface area contributed by atoms with E-state index in [1.165, 1.54) is 0 Å². The molecule has 0 radical (unpaired) electrons. The van der Waals surface area contributed by atoms with Crippen molar-refractivity contribution in [1.82, 2.24) is 0 Å². The van der Waals surface area contributed by atoms with Crippen LogP contribution in [0.2, 0.25) is 0 Å². The van der Waals surface area contributed by atoms with Crippen molar-refractivity contribution in [3.63, 3.8) is 0 Å². The molecule has 1 unspecified atom stereocenters. The van der Waals surface area contributed by atoms with Gasteiger partial charge < -0.3 is 4.74 Å². The summed E-state index contributed by atoms with van der Waals surface area (Å²) in [7, 11) is 0. The molecule has 0 bridgehead atoms. The quantitative estimate of drug-likeness (QED) is 0.782. The molecule has 0 N–H and O–H groups in total. The molecule has 0 aromatic heterocycles. The van der Waals surface area contributed by atoms with Gasteiger partial charge in [-0.1, -0.05) is 30.3 Å². The van der Waals surface area contributed by atoms with Crippen molar-refractivity contribution in [3.8, 4) is 0 Å². The number of Topliss-reactive ketones (excluding diaryl/α,β-unsaturated/α-hetero) is 1. The maximum absolute atomic E-state index is 12.0. The molecule has 0 saturated heterocycles. The van der Waals surface area contributed by atoms with Crippen LogP contribution in [0.4, 0.5) is 0 Å². The van der Waals surface area contributed by atoms with Gasteiger partial charge >= 0.3 is 5.97 Å². The fourth-order valence-corrected chi connectivity index (χ4v) is 2.00. The maximum atomic E-state index is 12.0. The van der Waals surface area contributed by atoms with Crippen LogP contribution in [0.3, 0.4) is 0 Å². The monoisotopic (exact) mass is 259 g/mol. The summed E-state index contributed by atoms with van der Waals surface area (Å²) in [5.74, 6) is -0.604. The predicted octanol–water partition coefficient (Wildman–Crippen LogP) is 2.17. The highest BCUT2D eigenvalue weighted by atomic mass is 16.5. The van der Waals surface area contributed by atoms with E-state index in [9.17, 15) is 9.59 Å². The van der Waals surface area contributed by atoms with Crippen LogP contribution >= 0.6 is 0 Å². The molecule has 4 nitrogen and oxygen atoms in total. The third-order valence-electron chi connectivity index (χ3n) is 3.09. The van der Waals surface area contributed by atoms with Crippen molar-refractivity contribution >= 4 is 18.0 Å². The Bertz CT molecular complexity index is 468. The van der Waals surface area contributed by atoms with E-state index < -0.39 is 0 Å². The smallest absolute Gasteiger partial charge is 0.309 e. The van der Waals surface area contributed by atoms with Gasteiger partial charge in [-0.2, -0.15) is 0 Å². The Balaban J connectivity index is 1.88. The maximum Gasteiger partial charge on any atom is 0.309 e. The Hall–Kier alpha value is -1.97. The largest absolute Gasteiger partial charge is 0.461 e. The Labute approximate surface area is 112 Å². The van der Waals surface area contributed by atoms with Gasteiger partial charge in [-0.15, -0.1) is 0 Å². The summed E-state index contributed by atoms with van der Waals surface area (Å²) in [4.78, 5) is 27.6. The first-order valence-electron chi connectivity index (χ1n) is 6.46. The fourth-order valence-electron chi connectivity index (χ4n) is 2.00. The normalized spacial score (nSPS) is 19.6. The number of carbonyl (C=O) groups is 2. The van der Waals surface area contributed by atoms with E-state index in [0.717, 1.165) is 5.56 Å². The lowest BCUT2D eigenvalue weighted by molar-refractivity contribution is -0.151. The van der Waals surface area contributed by atoms with Crippen molar-refractivity contribution in [3.05, 3.63) is 35.9 Å². The standard InChI is InChI=1S/C15H17NO3/c17-14-7-9-16-8-6-13(10-14)15(18)19-11-12-4-2-1-3-5-12/h1-5,9,13H,6-8,10-11H2. The van der Waals surface area contributed by atoms with Crippen LogP contribution in [0.1, 0.15) is 24.8 Å². The number of hydrogen-bond acceptors (Lipinski definition) is 4. The van der Waals surface area contributed by atoms with E-state index >= 15 is 0 Å². The molecule has 1 aromatic rings. The zero-order valence-corrected chi connectivity index (χ0v) is 10.7. The van der Waals surface area contributed by atoms with Crippen LogP contribution in [-0.2, 0) is 20.9 Å². The van der Waals surface area contributed by atoms with E-state index in [0.29, 0.717) is 19.4 Å². The SMILES string of the molecule is O=C1CC=NCCC(C(=O)OCc2ccccc2)C1. The third kappa shape index (κ3) is 4.32. The first kappa shape index (κ1) is 13.5. The van der Waals surface area contributed by atoms with Gasteiger partial charge in [0.2, 0.25) is 0 Å². The Kier molecular flexibility index (Phi) is 4.84. The molecule has 0 fully saturated rings. The first-order chi connectivity index (χ1) is 9.25. The summed E-state index contributed by atoms with van der Waals surface area (Å²) in [5.41, 5.74) is 0.950. The van der Waals surface area contributed by atoms with Crippen LogP contribution in [0, 0.1) is 5.92 Å². The highest BCUT2D eigenvalue weighted by molar-refractivity contribution is 5.93. The summed E-state index contributed by atoms with van der Waals surface area (Å²) in [5, 5.41) is 0. The number of ether oxygens (including phenoxy) is 1. The van der Waals surface area contributed by atoms with Gasteiger partial charge in [-0.25, -0.2) is 0 Å². The van der Waals surface area contributed by atoms with Crippen molar-refractivity contribution in [2.75, 3.05) is 6.54 Å². The number of benzene rings is 1. The Morgan fingerprint density at radius 2 is 2.11 bits per heavy atom. The van der Waals surface area contributed by atoms with E-state index in [-0.39, 0.29) is 30.7 Å². The van der Waals surface area contributed by atoms with Crippen LogP contribution in [0.15, 0.2) is 35.3 Å². The fraction of sp³-hybridized carbons (Fsp3) is 0.400. The predicted molar refractivity (Wildman–Crippen MR) is 71.9 cm³/mol. The lowest BCUT2D eigenvalue weighted by Crippen LogP contribution is -2.23. The minimum Gasteiger partial charge on any atom is -0.461 e. The van der Waals surface area contributed by atoms with Crippen molar-refractivity contribution in [2.24, 2.45) is 10.9 Å². The minimum atomic E-state index is -0.353. The molecule has 0 amide bonds. The van der Waals surface area contributed by atoms with Crippen LogP contribution in [-0.4, -0.2) is 24.5 Å².